The minimum absolute atomic E-state index is 0.0517. The Morgan fingerprint density at radius 2 is 2.24 bits per heavy atom. The van der Waals surface area contributed by atoms with Gasteiger partial charge in [-0.3, -0.25) is 4.79 Å². The highest BCUT2D eigenvalue weighted by atomic mass is 35.5. The predicted octanol–water partition coefficient (Wildman–Crippen LogP) is 3.46. The molecule has 2 nitrogen and oxygen atoms in total. The average Bonchev–Trinajstić information content (AvgIpc) is 2.23. The number of benzene rings is 1. The van der Waals surface area contributed by atoms with Gasteiger partial charge in [-0.05, 0) is 18.9 Å². The molecule has 0 amide bonds. The van der Waals surface area contributed by atoms with Crippen LogP contribution in [0.3, 0.4) is 0 Å². The highest BCUT2D eigenvalue weighted by Gasteiger charge is 2.33. The van der Waals surface area contributed by atoms with E-state index in [4.69, 9.17) is 16.9 Å². The molecule has 1 fully saturated rings. The maximum atomic E-state index is 13.7. The third-order valence-corrected chi connectivity index (χ3v) is 3.51. The Labute approximate surface area is 104 Å². The van der Waals surface area contributed by atoms with Crippen LogP contribution in [0.2, 0.25) is 5.02 Å². The summed E-state index contributed by atoms with van der Waals surface area (Å²) in [5, 5.41) is 9.00. The Hall–Kier alpha value is -1.40. The van der Waals surface area contributed by atoms with E-state index in [1.54, 1.807) is 6.07 Å². The van der Waals surface area contributed by atoms with Crippen LogP contribution in [0.15, 0.2) is 18.2 Å². The van der Waals surface area contributed by atoms with Gasteiger partial charge in [0.25, 0.3) is 0 Å². The van der Waals surface area contributed by atoms with E-state index in [0.717, 1.165) is 19.3 Å². The SMILES string of the molecule is N#CC(C(=O)C1CCC1)c1cccc(Cl)c1F. The van der Waals surface area contributed by atoms with Crippen LogP contribution in [0.5, 0.6) is 0 Å². The fourth-order valence-electron chi connectivity index (χ4n) is 1.96. The smallest absolute Gasteiger partial charge is 0.157 e. The molecule has 1 aliphatic rings. The first-order chi connectivity index (χ1) is 8.15. The molecule has 0 N–H and O–H groups in total. The summed E-state index contributed by atoms with van der Waals surface area (Å²) in [7, 11) is 0. The second kappa shape index (κ2) is 4.85. The number of carbonyl (C=O) groups is 1. The first kappa shape index (κ1) is 12.1. The minimum atomic E-state index is -1.03. The molecule has 1 unspecified atom stereocenters. The summed E-state index contributed by atoms with van der Waals surface area (Å²) in [5.41, 5.74) is 0.0944. The van der Waals surface area contributed by atoms with E-state index in [0.29, 0.717) is 0 Å². The van der Waals surface area contributed by atoms with E-state index in [1.165, 1.54) is 12.1 Å². The van der Waals surface area contributed by atoms with Crippen LogP contribution in [-0.4, -0.2) is 5.78 Å². The van der Waals surface area contributed by atoms with Gasteiger partial charge < -0.3 is 0 Å². The number of halogens is 2. The molecule has 0 aliphatic heterocycles. The normalized spacial score (nSPS) is 17.0. The second-order valence-electron chi connectivity index (χ2n) is 4.24. The van der Waals surface area contributed by atoms with Crippen molar-refractivity contribution in [2.24, 2.45) is 5.92 Å². The molecule has 88 valence electrons. The third-order valence-electron chi connectivity index (χ3n) is 3.21. The summed E-state index contributed by atoms with van der Waals surface area (Å²) in [5.74, 6) is -1.95. The molecule has 0 heterocycles. The summed E-state index contributed by atoms with van der Waals surface area (Å²) in [4.78, 5) is 12.0. The fourth-order valence-corrected chi connectivity index (χ4v) is 2.14. The predicted molar refractivity (Wildman–Crippen MR) is 62.1 cm³/mol. The molecule has 4 heteroatoms. The van der Waals surface area contributed by atoms with Gasteiger partial charge >= 0.3 is 0 Å². The lowest BCUT2D eigenvalue weighted by atomic mass is 9.76. The lowest BCUT2D eigenvalue weighted by molar-refractivity contribution is -0.125. The number of Topliss-reactive ketones (excluding diaryl/α,β-unsaturated/α-hetero) is 1. The number of ketones is 1. The number of carbonyl (C=O) groups excluding carboxylic acids is 1. The van der Waals surface area contributed by atoms with Gasteiger partial charge in [-0.15, -0.1) is 0 Å². The largest absolute Gasteiger partial charge is 0.298 e. The number of nitriles is 1. The Balaban J connectivity index is 2.32. The quantitative estimate of drug-likeness (QED) is 0.826. The molecule has 0 saturated heterocycles. The van der Waals surface area contributed by atoms with Crippen molar-refractivity contribution in [2.75, 3.05) is 0 Å². The molecule has 2 rings (SSSR count). The summed E-state index contributed by atoms with van der Waals surface area (Å²) < 4.78 is 13.7. The fraction of sp³-hybridized carbons (Fsp3) is 0.385. The van der Waals surface area contributed by atoms with Crippen molar-refractivity contribution in [3.63, 3.8) is 0 Å². The van der Waals surface area contributed by atoms with Crippen molar-refractivity contribution in [1.29, 1.82) is 5.26 Å². The van der Waals surface area contributed by atoms with E-state index < -0.39 is 11.7 Å². The van der Waals surface area contributed by atoms with Crippen LogP contribution >= 0.6 is 11.6 Å². The standard InChI is InChI=1S/C13H11ClFNO/c14-11-6-2-5-9(12(11)15)10(7-16)13(17)8-3-1-4-8/h2,5-6,8,10H,1,3-4H2. The zero-order valence-electron chi connectivity index (χ0n) is 9.12. The summed E-state index contributed by atoms with van der Waals surface area (Å²) in [6.45, 7) is 0. The van der Waals surface area contributed by atoms with Crippen molar-refractivity contribution in [3.8, 4) is 6.07 Å². The Bertz CT molecular complexity index is 491. The second-order valence-corrected chi connectivity index (χ2v) is 4.64. The summed E-state index contributed by atoms with van der Waals surface area (Å²) in [6, 6.07) is 6.30. The number of rotatable bonds is 3. The molecule has 0 bridgehead atoms. The third kappa shape index (κ3) is 2.18. The maximum Gasteiger partial charge on any atom is 0.157 e. The number of nitrogens with zero attached hydrogens (tertiary/aromatic N) is 1. The van der Waals surface area contributed by atoms with Gasteiger partial charge in [0.1, 0.15) is 11.7 Å². The Morgan fingerprint density at radius 1 is 1.53 bits per heavy atom. The van der Waals surface area contributed by atoms with Crippen LogP contribution < -0.4 is 0 Å². The molecule has 1 aromatic carbocycles. The van der Waals surface area contributed by atoms with Crippen molar-refractivity contribution in [2.45, 2.75) is 25.2 Å². The van der Waals surface area contributed by atoms with Crippen LogP contribution in [0.1, 0.15) is 30.7 Å². The lowest BCUT2D eigenvalue weighted by Crippen LogP contribution is -2.27. The van der Waals surface area contributed by atoms with Gasteiger partial charge in [0.15, 0.2) is 5.78 Å². The van der Waals surface area contributed by atoms with Gasteiger partial charge in [-0.25, -0.2) is 4.39 Å². The van der Waals surface area contributed by atoms with Gasteiger partial charge in [0.2, 0.25) is 0 Å². The van der Waals surface area contributed by atoms with Crippen molar-refractivity contribution in [1.82, 2.24) is 0 Å². The van der Waals surface area contributed by atoms with Crippen molar-refractivity contribution < 1.29 is 9.18 Å². The molecule has 1 saturated carbocycles. The Morgan fingerprint density at radius 3 is 2.76 bits per heavy atom. The van der Waals surface area contributed by atoms with Crippen molar-refractivity contribution in [3.05, 3.63) is 34.6 Å². The molecule has 1 atom stereocenters. The van der Waals surface area contributed by atoms with Crippen LogP contribution in [-0.2, 0) is 4.79 Å². The van der Waals surface area contributed by atoms with Gasteiger partial charge in [0, 0.05) is 11.5 Å². The van der Waals surface area contributed by atoms with Crippen LogP contribution in [0.4, 0.5) is 4.39 Å². The zero-order chi connectivity index (χ0) is 12.4. The molecular formula is C13H11ClFNO. The van der Waals surface area contributed by atoms with E-state index >= 15 is 0 Å². The molecule has 0 aromatic heterocycles. The maximum absolute atomic E-state index is 13.7. The molecular weight excluding hydrogens is 241 g/mol. The molecule has 1 aromatic rings. The van der Waals surface area contributed by atoms with Crippen LogP contribution in [0, 0.1) is 23.1 Å². The minimum Gasteiger partial charge on any atom is -0.298 e. The van der Waals surface area contributed by atoms with E-state index in [-0.39, 0.29) is 22.3 Å². The highest BCUT2D eigenvalue weighted by molar-refractivity contribution is 6.30. The van der Waals surface area contributed by atoms with Crippen molar-refractivity contribution >= 4 is 17.4 Å². The highest BCUT2D eigenvalue weighted by Crippen LogP contribution is 2.34. The van der Waals surface area contributed by atoms with Gasteiger partial charge in [-0.2, -0.15) is 5.26 Å². The zero-order valence-corrected chi connectivity index (χ0v) is 9.88. The molecule has 0 spiro atoms. The molecule has 0 radical (unpaired) electrons. The van der Waals surface area contributed by atoms with E-state index in [2.05, 4.69) is 0 Å². The first-order valence-electron chi connectivity index (χ1n) is 5.52. The number of hydrogen-bond donors (Lipinski definition) is 0. The van der Waals surface area contributed by atoms with Gasteiger partial charge in [-0.1, -0.05) is 30.2 Å². The summed E-state index contributed by atoms with van der Waals surface area (Å²) >= 11 is 5.65. The Kier molecular flexibility index (Phi) is 3.44. The number of hydrogen-bond acceptors (Lipinski definition) is 2. The van der Waals surface area contributed by atoms with E-state index in [1.807, 2.05) is 6.07 Å². The monoisotopic (exact) mass is 251 g/mol. The molecule has 17 heavy (non-hydrogen) atoms. The van der Waals surface area contributed by atoms with Crippen LogP contribution in [0.25, 0.3) is 0 Å². The average molecular weight is 252 g/mol. The lowest BCUT2D eigenvalue weighted by Gasteiger charge is -2.26. The first-order valence-corrected chi connectivity index (χ1v) is 5.90. The topological polar surface area (TPSA) is 40.9 Å². The summed E-state index contributed by atoms with van der Waals surface area (Å²) in [6.07, 6.45) is 2.62. The van der Waals surface area contributed by atoms with Gasteiger partial charge in [0.05, 0.1) is 11.1 Å². The van der Waals surface area contributed by atoms with E-state index in [9.17, 15) is 9.18 Å². The molecule has 1 aliphatic carbocycles.